The summed E-state index contributed by atoms with van der Waals surface area (Å²) in [5.41, 5.74) is 3.52. The van der Waals surface area contributed by atoms with Crippen LogP contribution in [-0.2, 0) is 26.9 Å². The summed E-state index contributed by atoms with van der Waals surface area (Å²) >= 11 is 1.02. The van der Waals surface area contributed by atoms with Crippen molar-refractivity contribution < 1.29 is 18.9 Å². The molecule has 0 aliphatic carbocycles. The molecule has 0 radical (unpaired) electrons. The van der Waals surface area contributed by atoms with Crippen molar-refractivity contribution in [3.8, 4) is 0 Å². The van der Waals surface area contributed by atoms with Crippen molar-refractivity contribution in [3.63, 3.8) is 0 Å². The maximum Gasteiger partial charge on any atom is 0.494 e. The molecule has 2 aromatic carbocycles. The Morgan fingerprint density at radius 2 is 1.65 bits per heavy atom. The van der Waals surface area contributed by atoms with E-state index in [2.05, 4.69) is 19.1 Å². The lowest BCUT2D eigenvalue weighted by Crippen LogP contribution is -2.41. The highest BCUT2D eigenvalue weighted by atomic mass is 32.2. The summed E-state index contributed by atoms with van der Waals surface area (Å²) in [4.78, 5) is 27.1. The number of benzene rings is 2. The average molecular weight is 477 g/mol. The van der Waals surface area contributed by atoms with Crippen LogP contribution in [0.2, 0.25) is 0 Å². The third-order valence-electron chi connectivity index (χ3n) is 6.88. The van der Waals surface area contributed by atoms with Crippen LogP contribution < -0.4 is 5.46 Å². The molecule has 2 aliphatic rings. The first-order chi connectivity index (χ1) is 16.1. The topological polar surface area (TPSA) is 55.8 Å². The van der Waals surface area contributed by atoms with Crippen molar-refractivity contribution in [2.75, 3.05) is 6.54 Å². The molecule has 2 heterocycles. The van der Waals surface area contributed by atoms with Gasteiger partial charge < -0.3 is 9.31 Å². The van der Waals surface area contributed by atoms with Crippen molar-refractivity contribution in [1.29, 1.82) is 0 Å². The van der Waals surface area contributed by atoms with Crippen LogP contribution in [-0.4, -0.2) is 40.9 Å². The Kier molecular flexibility index (Phi) is 7.08. The Morgan fingerprint density at radius 3 is 2.29 bits per heavy atom. The number of rotatable bonds is 7. The van der Waals surface area contributed by atoms with Crippen LogP contribution >= 0.6 is 11.8 Å². The highest BCUT2D eigenvalue weighted by Gasteiger charge is 2.51. The quantitative estimate of drug-likeness (QED) is 0.405. The van der Waals surface area contributed by atoms with Crippen molar-refractivity contribution in [3.05, 3.63) is 70.1 Å². The fourth-order valence-electron chi connectivity index (χ4n) is 4.01. The zero-order valence-electron chi connectivity index (χ0n) is 20.6. The fourth-order valence-corrected chi connectivity index (χ4v) is 4.87. The van der Waals surface area contributed by atoms with Gasteiger partial charge >= 0.3 is 7.12 Å². The molecule has 5 nitrogen and oxygen atoms in total. The van der Waals surface area contributed by atoms with Crippen LogP contribution in [0.3, 0.4) is 0 Å². The van der Waals surface area contributed by atoms with Crippen LogP contribution in [0.15, 0.2) is 53.4 Å². The molecule has 178 valence electrons. The van der Waals surface area contributed by atoms with Gasteiger partial charge in [-0.25, -0.2) is 0 Å². The minimum absolute atomic E-state index is 0.201. The number of hydrogen-bond acceptors (Lipinski definition) is 5. The van der Waals surface area contributed by atoms with Crippen molar-refractivity contribution in [2.45, 2.75) is 65.1 Å². The van der Waals surface area contributed by atoms with E-state index in [1.807, 2.05) is 64.1 Å². The third kappa shape index (κ3) is 5.17. The predicted octanol–water partition coefficient (Wildman–Crippen LogP) is 5.22. The largest absolute Gasteiger partial charge is 0.494 e. The summed E-state index contributed by atoms with van der Waals surface area (Å²) in [6.45, 7) is 10.7. The normalized spacial score (nSPS) is 20.6. The van der Waals surface area contributed by atoms with Crippen molar-refractivity contribution >= 4 is 41.6 Å². The van der Waals surface area contributed by atoms with E-state index in [0.29, 0.717) is 17.9 Å². The molecule has 0 unspecified atom stereocenters. The van der Waals surface area contributed by atoms with Gasteiger partial charge in [-0.15, -0.1) is 0 Å². The van der Waals surface area contributed by atoms with Gasteiger partial charge in [0.1, 0.15) is 0 Å². The van der Waals surface area contributed by atoms with Crippen LogP contribution in [0.1, 0.15) is 57.7 Å². The van der Waals surface area contributed by atoms with Gasteiger partial charge in [0.25, 0.3) is 11.1 Å². The smallest absolute Gasteiger partial charge is 0.399 e. The molecule has 7 heteroatoms. The molecule has 0 atom stereocenters. The van der Waals surface area contributed by atoms with E-state index in [0.717, 1.165) is 41.2 Å². The van der Waals surface area contributed by atoms with Crippen LogP contribution in [0.5, 0.6) is 0 Å². The van der Waals surface area contributed by atoms with Crippen LogP contribution in [0.4, 0.5) is 4.79 Å². The first-order valence-electron chi connectivity index (χ1n) is 11.9. The number of thioether (sulfide) groups is 1. The standard InChI is InChI=1S/C27H32BNO4S/c1-6-19-12-14-21(15-13-19)18-23-24(30)29(25(31)34-23)16-8-10-20-9-7-11-22(17-20)28-32-26(2,3)27(4,5)33-28/h7,9,11-15,17-18H,6,8,10,16H2,1-5H3/b23-18-. The van der Waals surface area contributed by atoms with Gasteiger partial charge in [-0.1, -0.05) is 55.5 Å². The second kappa shape index (κ2) is 9.72. The van der Waals surface area contributed by atoms with Crippen molar-refractivity contribution in [1.82, 2.24) is 4.90 Å². The lowest BCUT2D eigenvalue weighted by atomic mass is 9.78. The van der Waals surface area contributed by atoms with Gasteiger partial charge in [0.05, 0.1) is 16.1 Å². The minimum Gasteiger partial charge on any atom is -0.399 e. The highest BCUT2D eigenvalue weighted by Crippen LogP contribution is 2.36. The van der Waals surface area contributed by atoms with Gasteiger partial charge in [-0.2, -0.15) is 0 Å². The monoisotopic (exact) mass is 477 g/mol. The van der Waals surface area contributed by atoms with Gasteiger partial charge in [-0.3, -0.25) is 14.5 Å². The maximum absolute atomic E-state index is 12.8. The molecule has 2 aliphatic heterocycles. The molecule has 0 N–H and O–H groups in total. The molecule has 34 heavy (non-hydrogen) atoms. The lowest BCUT2D eigenvalue weighted by Gasteiger charge is -2.32. The number of amides is 2. The second-order valence-corrected chi connectivity index (χ2v) is 10.9. The van der Waals surface area contributed by atoms with E-state index >= 15 is 0 Å². The summed E-state index contributed by atoms with van der Waals surface area (Å²) in [6.07, 6.45) is 4.23. The molecular weight excluding hydrogens is 445 g/mol. The SMILES string of the molecule is CCc1ccc(/C=C2\SC(=O)N(CCCc3cccc(B4OC(C)(C)C(C)(C)O4)c3)C2=O)cc1. The van der Waals surface area contributed by atoms with Gasteiger partial charge in [0, 0.05) is 6.54 Å². The van der Waals surface area contributed by atoms with Gasteiger partial charge in [-0.05, 0) is 86.9 Å². The first kappa shape index (κ1) is 24.8. The number of imide groups is 1. The second-order valence-electron chi connectivity index (χ2n) is 9.87. The molecule has 0 saturated carbocycles. The Bertz CT molecular complexity index is 1090. The zero-order valence-corrected chi connectivity index (χ0v) is 21.4. The Morgan fingerprint density at radius 1 is 0.971 bits per heavy atom. The molecule has 2 fully saturated rings. The molecule has 2 saturated heterocycles. The Labute approximate surface area is 207 Å². The molecule has 0 spiro atoms. The van der Waals surface area contributed by atoms with E-state index in [1.165, 1.54) is 10.5 Å². The first-order valence-corrected chi connectivity index (χ1v) is 12.7. The average Bonchev–Trinajstić information content (AvgIpc) is 3.19. The number of carbonyl (C=O) groups is 2. The summed E-state index contributed by atoms with van der Waals surface area (Å²) in [5.74, 6) is -0.208. The molecule has 0 aromatic heterocycles. The Hall–Kier alpha value is -2.35. The molecule has 0 bridgehead atoms. The fraction of sp³-hybridized carbons (Fsp3) is 0.407. The Balaban J connectivity index is 1.35. The maximum atomic E-state index is 12.8. The number of nitrogens with zero attached hydrogens (tertiary/aromatic N) is 1. The minimum atomic E-state index is -0.401. The number of aryl methyl sites for hydroxylation is 2. The summed E-state index contributed by atoms with van der Waals surface area (Å²) in [5, 5.41) is -0.201. The predicted molar refractivity (Wildman–Crippen MR) is 139 cm³/mol. The third-order valence-corrected chi connectivity index (χ3v) is 7.79. The molecule has 4 rings (SSSR count). The number of hydrogen-bond donors (Lipinski definition) is 0. The van der Waals surface area contributed by atoms with Crippen LogP contribution in [0.25, 0.3) is 6.08 Å². The lowest BCUT2D eigenvalue weighted by molar-refractivity contribution is -0.122. The van der Waals surface area contributed by atoms with E-state index in [4.69, 9.17) is 9.31 Å². The zero-order chi connectivity index (χ0) is 24.5. The van der Waals surface area contributed by atoms with E-state index < -0.39 is 7.12 Å². The van der Waals surface area contributed by atoms with E-state index in [1.54, 1.807) is 6.08 Å². The summed E-state index contributed by atoms with van der Waals surface area (Å²) in [6, 6.07) is 16.2. The van der Waals surface area contributed by atoms with Gasteiger partial charge in [0.15, 0.2) is 0 Å². The summed E-state index contributed by atoms with van der Waals surface area (Å²) < 4.78 is 12.3. The van der Waals surface area contributed by atoms with E-state index in [9.17, 15) is 9.59 Å². The summed E-state index contributed by atoms with van der Waals surface area (Å²) in [7, 11) is -0.401. The van der Waals surface area contributed by atoms with Crippen molar-refractivity contribution in [2.24, 2.45) is 0 Å². The molecule has 2 aromatic rings. The molecular formula is C27H32BNO4S. The van der Waals surface area contributed by atoms with Crippen LogP contribution in [0, 0.1) is 0 Å². The van der Waals surface area contributed by atoms with Gasteiger partial charge in [0.2, 0.25) is 0 Å². The van der Waals surface area contributed by atoms with E-state index in [-0.39, 0.29) is 22.3 Å². The highest BCUT2D eigenvalue weighted by molar-refractivity contribution is 8.18. The number of carbonyl (C=O) groups excluding carboxylic acids is 2. The molecule has 2 amide bonds.